The molecule has 1 saturated carbocycles. The quantitative estimate of drug-likeness (QED) is 0.203. The fourth-order valence-electron chi connectivity index (χ4n) is 5.23. The largest absolute Gasteiger partial charge is 0.470 e. The van der Waals surface area contributed by atoms with Gasteiger partial charge < -0.3 is 9.73 Å². The molecule has 43 heavy (non-hydrogen) atoms. The van der Waals surface area contributed by atoms with Gasteiger partial charge in [-0.2, -0.15) is 31.4 Å². The summed E-state index contributed by atoms with van der Waals surface area (Å²) in [5.41, 5.74) is -0.285. The van der Waals surface area contributed by atoms with E-state index >= 15 is 0 Å². The molecule has 2 heterocycles. The first-order chi connectivity index (χ1) is 20.4. The highest BCUT2D eigenvalue weighted by Gasteiger charge is 2.39. The summed E-state index contributed by atoms with van der Waals surface area (Å²) in [6.45, 7) is 0. The molecule has 0 saturated heterocycles. The van der Waals surface area contributed by atoms with Crippen LogP contribution >= 0.6 is 0 Å². The van der Waals surface area contributed by atoms with Crippen molar-refractivity contribution in [2.24, 2.45) is 0 Å². The molecule has 1 aliphatic rings. The Morgan fingerprint density at radius 3 is 2.33 bits per heavy atom. The minimum absolute atomic E-state index is 0.119. The van der Waals surface area contributed by atoms with Gasteiger partial charge in [0.2, 0.25) is 5.89 Å². The average molecular weight is 610 g/mol. The first-order valence-electron chi connectivity index (χ1n) is 13.6. The minimum Gasteiger partial charge on any atom is -0.417 e. The zero-order valence-corrected chi connectivity index (χ0v) is 22.6. The highest BCUT2D eigenvalue weighted by Crippen LogP contribution is 2.40. The summed E-state index contributed by atoms with van der Waals surface area (Å²) < 4.78 is 100. The molecule has 0 spiro atoms. The third kappa shape index (κ3) is 7.23. The monoisotopic (exact) mass is 609 g/mol. The number of benzene rings is 2. The van der Waals surface area contributed by atoms with Crippen molar-refractivity contribution >= 4 is 5.91 Å². The van der Waals surface area contributed by atoms with Crippen LogP contribution in [-0.2, 0) is 25.2 Å². The molecule has 7 nitrogen and oxygen atoms in total. The number of aromatic nitrogens is 4. The Kier molecular flexibility index (Phi) is 8.56. The fourth-order valence-corrected chi connectivity index (χ4v) is 5.23. The molecule has 14 heteroatoms. The molecule has 1 aliphatic carbocycles. The molecular formula is C29H26F7N5O2. The summed E-state index contributed by atoms with van der Waals surface area (Å²) in [6.07, 6.45) is -6.16. The highest BCUT2D eigenvalue weighted by molar-refractivity contribution is 5.93. The Labute approximate surface area is 241 Å². The van der Waals surface area contributed by atoms with Crippen molar-refractivity contribution in [3.63, 3.8) is 0 Å². The predicted molar refractivity (Wildman–Crippen MR) is 139 cm³/mol. The maximum Gasteiger partial charge on any atom is 0.470 e. The van der Waals surface area contributed by atoms with Crippen molar-refractivity contribution in [1.29, 1.82) is 0 Å². The number of hydrogen-bond donors (Lipinski definition) is 1. The number of carbonyl (C=O) groups is 1. The van der Waals surface area contributed by atoms with Gasteiger partial charge in [-0.05, 0) is 55.5 Å². The molecule has 228 valence electrons. The van der Waals surface area contributed by atoms with E-state index in [0.717, 1.165) is 18.9 Å². The first-order valence-corrected chi connectivity index (χ1v) is 13.6. The maximum absolute atomic E-state index is 13.9. The minimum atomic E-state index is -4.85. The van der Waals surface area contributed by atoms with Crippen LogP contribution in [0.25, 0.3) is 11.3 Å². The molecule has 0 unspecified atom stereocenters. The predicted octanol–water partition coefficient (Wildman–Crippen LogP) is 7.20. The first kappa shape index (κ1) is 30.2. The molecule has 0 bridgehead atoms. The lowest BCUT2D eigenvalue weighted by Gasteiger charge is -2.17. The summed E-state index contributed by atoms with van der Waals surface area (Å²) >= 11 is 0. The third-order valence-electron chi connectivity index (χ3n) is 7.31. The van der Waals surface area contributed by atoms with Crippen LogP contribution in [0.2, 0.25) is 0 Å². The van der Waals surface area contributed by atoms with Crippen molar-refractivity contribution < 1.29 is 39.9 Å². The lowest BCUT2D eigenvalue weighted by molar-refractivity contribution is -0.157. The molecule has 1 N–H and O–H groups in total. The Bertz CT molecular complexity index is 1550. The van der Waals surface area contributed by atoms with Crippen molar-refractivity contribution in [1.82, 2.24) is 25.3 Å². The van der Waals surface area contributed by atoms with Crippen molar-refractivity contribution in [2.45, 2.75) is 69.4 Å². The van der Waals surface area contributed by atoms with Gasteiger partial charge in [-0.3, -0.25) is 9.48 Å². The van der Waals surface area contributed by atoms with E-state index in [1.807, 2.05) is 0 Å². The van der Waals surface area contributed by atoms with Crippen molar-refractivity contribution in [3.8, 4) is 11.3 Å². The normalized spacial score (nSPS) is 15.1. The zero-order valence-electron chi connectivity index (χ0n) is 22.6. The molecule has 1 atom stereocenters. The molecule has 2 aromatic carbocycles. The molecule has 0 radical (unpaired) electrons. The molecular weight excluding hydrogens is 583 g/mol. The van der Waals surface area contributed by atoms with Crippen LogP contribution in [0.1, 0.15) is 71.5 Å². The Hall–Kier alpha value is -4.23. The lowest BCUT2D eigenvalue weighted by Crippen LogP contribution is -2.37. The second-order valence-corrected chi connectivity index (χ2v) is 10.4. The van der Waals surface area contributed by atoms with E-state index < -0.39 is 41.6 Å². The van der Waals surface area contributed by atoms with Crippen LogP contribution < -0.4 is 5.32 Å². The summed E-state index contributed by atoms with van der Waals surface area (Å²) in [4.78, 5) is 13.5. The Morgan fingerprint density at radius 1 is 0.977 bits per heavy atom. The van der Waals surface area contributed by atoms with Crippen LogP contribution in [0, 0.1) is 5.82 Å². The van der Waals surface area contributed by atoms with Gasteiger partial charge in [0.1, 0.15) is 5.82 Å². The van der Waals surface area contributed by atoms with Gasteiger partial charge in [0.05, 0.1) is 17.3 Å². The SMILES string of the molecule is O=C(N[C@@H](CCc1ccc(F)cc1)Cc1nnc(C(F)(F)F)o1)c1cc(-c2ccccc2C(F)(F)F)n(C2CCCC2)n1. The number of nitrogens with zero attached hydrogens (tertiary/aromatic N) is 4. The van der Waals surface area contributed by atoms with E-state index in [0.29, 0.717) is 24.8 Å². The highest BCUT2D eigenvalue weighted by atomic mass is 19.4. The number of alkyl halides is 6. The van der Waals surface area contributed by atoms with Gasteiger partial charge in [0, 0.05) is 18.0 Å². The summed E-state index contributed by atoms with van der Waals surface area (Å²) in [6, 6.07) is 10.9. The van der Waals surface area contributed by atoms with E-state index in [1.165, 1.54) is 53.2 Å². The van der Waals surface area contributed by atoms with Crippen LogP contribution in [-0.4, -0.2) is 31.9 Å². The van der Waals surface area contributed by atoms with Crippen LogP contribution in [0.4, 0.5) is 30.7 Å². The topological polar surface area (TPSA) is 85.8 Å². The third-order valence-corrected chi connectivity index (χ3v) is 7.31. The number of amides is 1. The standard InChI is InChI=1S/C29H26F7N5O2/c30-18-12-9-17(10-13-18)11-14-19(15-25-38-39-27(43-25)29(34,35)36)37-26(42)23-16-24(41(40-23)20-5-1-2-6-20)21-7-3-4-8-22(21)28(31,32)33/h3-4,7-10,12-13,16,19-20H,1-2,5-6,11,14-15H2,(H,37,42)/t19-/m0/s1. The smallest absolute Gasteiger partial charge is 0.417 e. The number of hydrogen-bond acceptors (Lipinski definition) is 5. The van der Waals surface area contributed by atoms with E-state index in [9.17, 15) is 35.5 Å². The van der Waals surface area contributed by atoms with E-state index in [4.69, 9.17) is 4.42 Å². The summed E-state index contributed by atoms with van der Waals surface area (Å²) in [5, 5.41) is 13.6. The Balaban J connectivity index is 1.44. The fraction of sp³-hybridized carbons (Fsp3) is 0.379. The van der Waals surface area contributed by atoms with E-state index in [-0.39, 0.29) is 41.7 Å². The van der Waals surface area contributed by atoms with Crippen molar-refractivity contribution in [2.75, 3.05) is 0 Å². The maximum atomic E-state index is 13.9. The molecule has 0 aliphatic heterocycles. The lowest BCUT2D eigenvalue weighted by atomic mass is 10.0. The van der Waals surface area contributed by atoms with Gasteiger partial charge in [-0.25, -0.2) is 4.39 Å². The second kappa shape index (κ2) is 12.2. The summed E-state index contributed by atoms with van der Waals surface area (Å²) in [5.74, 6) is -3.08. The number of carbonyl (C=O) groups excluding carboxylic acids is 1. The number of rotatable bonds is 9. The number of halogens is 7. The number of nitrogens with one attached hydrogen (secondary N) is 1. The van der Waals surface area contributed by atoms with Gasteiger partial charge in [-0.1, -0.05) is 43.2 Å². The molecule has 5 rings (SSSR count). The van der Waals surface area contributed by atoms with Crippen LogP contribution in [0.15, 0.2) is 59.0 Å². The van der Waals surface area contributed by atoms with Gasteiger partial charge >= 0.3 is 18.2 Å². The van der Waals surface area contributed by atoms with Gasteiger partial charge in [-0.15, -0.1) is 10.2 Å². The summed E-state index contributed by atoms with van der Waals surface area (Å²) in [7, 11) is 0. The van der Waals surface area contributed by atoms with Gasteiger partial charge in [0.15, 0.2) is 5.69 Å². The van der Waals surface area contributed by atoms with Gasteiger partial charge in [0.25, 0.3) is 5.91 Å². The van der Waals surface area contributed by atoms with E-state index in [1.54, 1.807) is 0 Å². The average Bonchev–Trinajstić information content (AvgIpc) is 3.73. The van der Waals surface area contributed by atoms with Crippen LogP contribution in [0.3, 0.4) is 0 Å². The molecule has 2 aromatic heterocycles. The number of aryl methyl sites for hydroxylation is 1. The van der Waals surface area contributed by atoms with Crippen molar-refractivity contribution in [3.05, 3.63) is 89.0 Å². The molecule has 1 fully saturated rings. The zero-order chi connectivity index (χ0) is 30.8. The Morgan fingerprint density at radius 2 is 1.67 bits per heavy atom. The molecule has 4 aromatic rings. The van der Waals surface area contributed by atoms with Crippen LogP contribution in [0.5, 0.6) is 0 Å². The second-order valence-electron chi connectivity index (χ2n) is 10.4. The molecule has 1 amide bonds. The van der Waals surface area contributed by atoms with E-state index in [2.05, 4.69) is 20.6 Å².